The minimum Gasteiger partial charge on any atom is -0.478 e. The zero-order valence-electron chi connectivity index (χ0n) is 28.4. The van der Waals surface area contributed by atoms with Crippen LogP contribution in [0.3, 0.4) is 0 Å². The summed E-state index contributed by atoms with van der Waals surface area (Å²) in [5.41, 5.74) is 2.43. The van der Waals surface area contributed by atoms with Gasteiger partial charge >= 0.3 is 5.97 Å². The van der Waals surface area contributed by atoms with Gasteiger partial charge in [-0.25, -0.2) is 4.79 Å². The van der Waals surface area contributed by atoms with Crippen molar-refractivity contribution in [1.29, 1.82) is 0 Å². The molecule has 3 saturated carbocycles. The fourth-order valence-corrected chi connectivity index (χ4v) is 8.31. The van der Waals surface area contributed by atoms with Gasteiger partial charge in [0.05, 0.1) is 26.4 Å². The van der Waals surface area contributed by atoms with Crippen LogP contribution in [0.2, 0.25) is 0 Å². The maximum Gasteiger partial charge on any atom is 0.331 e. The number of allylic oxidation sites excluding steroid dienone is 1. The Balaban J connectivity index is 0.000000413. The Morgan fingerprint density at radius 3 is 1.02 bits per heavy atom. The third kappa shape index (κ3) is 14.7. The molecule has 2 atom stereocenters. The molecule has 0 aromatic heterocycles. The van der Waals surface area contributed by atoms with Crippen LogP contribution >= 0.6 is 0 Å². The first kappa shape index (κ1) is 35.9. The molecular formula is C39H68O5. The summed E-state index contributed by atoms with van der Waals surface area (Å²) >= 11 is 0. The largest absolute Gasteiger partial charge is 0.478 e. The second kappa shape index (κ2) is 21.8. The SMILES string of the molecule is C(OCC1CO1)C1CO1.O=C(O)C(=C(C1CCCCCCCCC1)C1CCCCCCCCC1)C1CCCCCCCCC1. The highest BCUT2D eigenvalue weighted by molar-refractivity contribution is 5.88. The number of carboxylic acid groups (broad SMARTS) is 1. The molecule has 5 nitrogen and oxygen atoms in total. The summed E-state index contributed by atoms with van der Waals surface area (Å²) in [4.78, 5) is 13.2. The summed E-state index contributed by atoms with van der Waals surface area (Å²) in [6, 6.07) is 0. The van der Waals surface area contributed by atoms with Gasteiger partial charge < -0.3 is 19.3 Å². The van der Waals surface area contributed by atoms with E-state index in [9.17, 15) is 9.90 Å². The molecule has 2 heterocycles. The van der Waals surface area contributed by atoms with Gasteiger partial charge in [0.15, 0.2) is 0 Å². The molecule has 5 rings (SSSR count). The van der Waals surface area contributed by atoms with Crippen LogP contribution in [-0.4, -0.2) is 49.7 Å². The molecule has 5 fully saturated rings. The standard InChI is InChI=1S/C33H58O2.C6H10O3/c34-33(35)32(30-26-20-14-8-3-9-15-21-27-30)31(28-22-16-10-4-1-5-11-17-23-28)29-24-18-12-6-2-7-13-19-25-29;1(5-3-8-5)7-2-6-4-9-6/h28-30H,1-27H2,(H,34,35);5-6H,1-4H2. The number of ether oxygens (including phenoxy) is 3. The molecule has 1 N–H and O–H groups in total. The Morgan fingerprint density at radius 2 is 0.750 bits per heavy atom. The second-order valence-electron chi connectivity index (χ2n) is 14.9. The van der Waals surface area contributed by atoms with Crippen molar-refractivity contribution in [1.82, 2.24) is 0 Å². The summed E-state index contributed by atoms with van der Waals surface area (Å²) < 4.78 is 15.1. The minimum atomic E-state index is -0.545. The topological polar surface area (TPSA) is 71.6 Å². The van der Waals surface area contributed by atoms with Crippen LogP contribution in [0.25, 0.3) is 0 Å². The first-order chi connectivity index (χ1) is 21.7. The van der Waals surface area contributed by atoms with Gasteiger partial charge in [0.2, 0.25) is 0 Å². The van der Waals surface area contributed by atoms with Crippen molar-refractivity contribution < 1.29 is 24.1 Å². The van der Waals surface area contributed by atoms with Gasteiger partial charge in [0.25, 0.3) is 0 Å². The zero-order valence-corrected chi connectivity index (χ0v) is 28.4. The smallest absolute Gasteiger partial charge is 0.331 e. The van der Waals surface area contributed by atoms with E-state index in [-0.39, 0.29) is 0 Å². The first-order valence-electron chi connectivity index (χ1n) is 19.5. The van der Waals surface area contributed by atoms with Crippen molar-refractivity contribution in [3.63, 3.8) is 0 Å². The minimum absolute atomic E-state index is 0.298. The molecule has 0 aromatic carbocycles. The highest BCUT2D eigenvalue weighted by Crippen LogP contribution is 2.42. The van der Waals surface area contributed by atoms with E-state index in [1.165, 1.54) is 166 Å². The summed E-state index contributed by atoms with van der Waals surface area (Å²) in [6.07, 6.45) is 36.0. The molecule has 2 unspecified atom stereocenters. The van der Waals surface area contributed by atoms with Crippen molar-refractivity contribution in [3.8, 4) is 0 Å². The fraction of sp³-hybridized carbons (Fsp3) is 0.923. The van der Waals surface area contributed by atoms with Gasteiger partial charge in [-0.1, -0.05) is 140 Å². The van der Waals surface area contributed by atoms with Gasteiger partial charge in [-0.15, -0.1) is 0 Å². The van der Waals surface area contributed by atoms with Crippen LogP contribution in [0.5, 0.6) is 0 Å². The van der Waals surface area contributed by atoms with Gasteiger partial charge in [0.1, 0.15) is 12.2 Å². The second-order valence-corrected chi connectivity index (χ2v) is 14.9. The average Bonchev–Trinajstić information content (AvgIpc) is 3.98. The van der Waals surface area contributed by atoms with E-state index in [4.69, 9.17) is 14.2 Å². The van der Waals surface area contributed by atoms with Crippen LogP contribution in [0.1, 0.15) is 173 Å². The molecule has 5 aliphatic rings. The number of hydrogen-bond acceptors (Lipinski definition) is 4. The van der Waals surface area contributed by atoms with Crippen molar-refractivity contribution in [3.05, 3.63) is 11.1 Å². The number of carboxylic acids is 1. The molecule has 2 saturated heterocycles. The summed E-state index contributed by atoms with van der Waals surface area (Å²) in [6.45, 7) is 3.26. The highest BCUT2D eigenvalue weighted by atomic mass is 16.6. The van der Waals surface area contributed by atoms with Gasteiger partial charge in [-0.3, -0.25) is 0 Å². The van der Waals surface area contributed by atoms with Crippen molar-refractivity contribution in [2.24, 2.45) is 17.8 Å². The van der Waals surface area contributed by atoms with Gasteiger partial charge in [0, 0.05) is 5.57 Å². The summed E-state index contributed by atoms with van der Waals surface area (Å²) in [7, 11) is 0. The van der Waals surface area contributed by atoms with Crippen molar-refractivity contribution in [2.45, 2.75) is 186 Å². The van der Waals surface area contributed by atoms with E-state index in [1.807, 2.05) is 0 Å². The molecule has 254 valence electrons. The Labute approximate surface area is 270 Å². The molecule has 0 bridgehead atoms. The lowest BCUT2D eigenvalue weighted by Crippen LogP contribution is -2.25. The Morgan fingerprint density at radius 1 is 0.477 bits per heavy atom. The van der Waals surface area contributed by atoms with E-state index < -0.39 is 5.97 Å². The predicted molar refractivity (Wildman–Crippen MR) is 180 cm³/mol. The maximum atomic E-state index is 13.2. The molecule has 0 aromatic rings. The van der Waals surface area contributed by atoms with Crippen LogP contribution in [0.4, 0.5) is 0 Å². The Hall–Kier alpha value is -0.910. The lowest BCUT2D eigenvalue weighted by Gasteiger charge is -2.34. The van der Waals surface area contributed by atoms with E-state index >= 15 is 0 Å². The van der Waals surface area contributed by atoms with E-state index in [0.717, 1.165) is 44.8 Å². The fourth-order valence-electron chi connectivity index (χ4n) is 8.31. The quantitative estimate of drug-likeness (QED) is 0.217. The van der Waals surface area contributed by atoms with E-state index in [2.05, 4.69) is 0 Å². The van der Waals surface area contributed by atoms with E-state index in [0.29, 0.717) is 30.0 Å². The van der Waals surface area contributed by atoms with Crippen LogP contribution in [0.15, 0.2) is 11.1 Å². The van der Waals surface area contributed by atoms with Crippen molar-refractivity contribution in [2.75, 3.05) is 26.4 Å². The molecule has 2 aliphatic heterocycles. The third-order valence-corrected chi connectivity index (χ3v) is 11.1. The number of carbonyl (C=O) groups is 1. The van der Waals surface area contributed by atoms with Crippen LogP contribution in [0, 0.1) is 17.8 Å². The lowest BCUT2D eigenvalue weighted by atomic mass is 9.71. The maximum absolute atomic E-state index is 13.2. The van der Waals surface area contributed by atoms with Crippen LogP contribution < -0.4 is 0 Å². The normalized spacial score (nSPS) is 27.6. The Kier molecular flexibility index (Phi) is 17.8. The van der Waals surface area contributed by atoms with Gasteiger partial charge in [-0.05, 0) is 56.3 Å². The molecule has 0 amide bonds. The summed E-state index contributed by atoms with van der Waals surface area (Å²) in [5, 5.41) is 10.8. The average molecular weight is 617 g/mol. The monoisotopic (exact) mass is 617 g/mol. The first-order valence-corrected chi connectivity index (χ1v) is 19.5. The number of rotatable bonds is 8. The molecule has 5 heteroatoms. The van der Waals surface area contributed by atoms with Gasteiger partial charge in [-0.2, -0.15) is 0 Å². The lowest BCUT2D eigenvalue weighted by molar-refractivity contribution is -0.133. The summed E-state index contributed by atoms with van der Waals surface area (Å²) in [5.74, 6) is 0.813. The molecule has 0 spiro atoms. The van der Waals surface area contributed by atoms with Crippen molar-refractivity contribution >= 4 is 5.97 Å². The van der Waals surface area contributed by atoms with Crippen LogP contribution in [-0.2, 0) is 19.0 Å². The highest BCUT2D eigenvalue weighted by Gasteiger charge is 2.33. The number of aliphatic carboxylic acids is 1. The zero-order chi connectivity index (χ0) is 30.7. The molecule has 0 radical (unpaired) electrons. The number of epoxide rings is 2. The third-order valence-electron chi connectivity index (χ3n) is 11.1. The predicted octanol–water partition coefficient (Wildman–Crippen LogP) is 10.6. The molecule has 3 aliphatic carbocycles. The van der Waals surface area contributed by atoms with E-state index in [1.54, 1.807) is 0 Å². The number of hydrogen-bond donors (Lipinski definition) is 1. The molecule has 44 heavy (non-hydrogen) atoms. The molecular weight excluding hydrogens is 548 g/mol. The Bertz CT molecular complexity index is 730.